The van der Waals surface area contributed by atoms with Crippen molar-refractivity contribution < 1.29 is 4.39 Å². The highest BCUT2D eigenvalue weighted by Crippen LogP contribution is 2.52. The third-order valence-electron chi connectivity index (χ3n) is 6.09. The lowest BCUT2D eigenvalue weighted by Crippen LogP contribution is -2.47. The molecule has 1 atom stereocenters. The molecule has 1 heterocycles. The average molecular weight is 273 g/mol. The van der Waals surface area contributed by atoms with Gasteiger partial charge in [0, 0.05) is 24.7 Å². The molecule has 20 heavy (non-hydrogen) atoms. The van der Waals surface area contributed by atoms with Crippen molar-refractivity contribution in [2.75, 3.05) is 6.54 Å². The largest absolute Gasteiger partial charge is 0.296 e. The van der Waals surface area contributed by atoms with Gasteiger partial charge in [-0.25, -0.2) is 4.39 Å². The van der Waals surface area contributed by atoms with E-state index in [2.05, 4.69) is 11.0 Å². The predicted octanol–water partition coefficient (Wildman–Crippen LogP) is 4.30. The van der Waals surface area contributed by atoms with Gasteiger partial charge in [-0.05, 0) is 55.6 Å². The van der Waals surface area contributed by atoms with Gasteiger partial charge in [0.05, 0.1) is 0 Å². The van der Waals surface area contributed by atoms with Crippen molar-refractivity contribution in [3.05, 3.63) is 35.1 Å². The third-order valence-corrected chi connectivity index (χ3v) is 6.09. The van der Waals surface area contributed by atoms with E-state index >= 15 is 0 Å². The summed E-state index contributed by atoms with van der Waals surface area (Å²) in [6.45, 7) is 1.96. The van der Waals surface area contributed by atoms with Gasteiger partial charge in [-0.1, -0.05) is 25.0 Å². The second-order valence-corrected chi connectivity index (χ2v) is 7.20. The van der Waals surface area contributed by atoms with E-state index in [9.17, 15) is 4.39 Å². The molecule has 0 radical (unpaired) electrons. The molecule has 0 bridgehead atoms. The summed E-state index contributed by atoms with van der Waals surface area (Å²) in [4.78, 5) is 2.57. The Balaban J connectivity index is 1.51. The SMILES string of the molecule is Fc1cccc2c1CN([C@@H]1CCCC3(CCC3)C1)CC2. The zero-order valence-corrected chi connectivity index (χ0v) is 12.2. The van der Waals surface area contributed by atoms with Crippen LogP contribution >= 0.6 is 0 Å². The summed E-state index contributed by atoms with van der Waals surface area (Å²) in [6.07, 6.45) is 10.9. The Bertz CT molecular complexity index is 506. The Labute approximate surface area is 121 Å². The monoisotopic (exact) mass is 273 g/mol. The van der Waals surface area contributed by atoms with E-state index in [1.165, 1.54) is 50.5 Å². The maximum atomic E-state index is 14.0. The Hall–Kier alpha value is -0.890. The van der Waals surface area contributed by atoms with Crippen LogP contribution in [-0.4, -0.2) is 17.5 Å². The van der Waals surface area contributed by atoms with Crippen LogP contribution in [0.3, 0.4) is 0 Å². The van der Waals surface area contributed by atoms with Crippen LogP contribution in [-0.2, 0) is 13.0 Å². The van der Waals surface area contributed by atoms with Gasteiger partial charge >= 0.3 is 0 Å². The molecule has 108 valence electrons. The van der Waals surface area contributed by atoms with Crippen molar-refractivity contribution in [2.24, 2.45) is 5.41 Å². The second kappa shape index (κ2) is 4.84. The van der Waals surface area contributed by atoms with Crippen LogP contribution in [0.1, 0.15) is 56.1 Å². The Morgan fingerprint density at radius 3 is 2.80 bits per heavy atom. The maximum absolute atomic E-state index is 14.0. The number of halogens is 1. The minimum atomic E-state index is 0.00127. The van der Waals surface area contributed by atoms with Crippen LogP contribution < -0.4 is 0 Å². The first-order valence-corrected chi connectivity index (χ1v) is 8.26. The van der Waals surface area contributed by atoms with Crippen molar-refractivity contribution in [1.82, 2.24) is 4.90 Å². The summed E-state index contributed by atoms with van der Waals surface area (Å²) in [5, 5.41) is 0. The van der Waals surface area contributed by atoms with Crippen LogP contribution in [0.5, 0.6) is 0 Å². The molecule has 0 saturated heterocycles. The van der Waals surface area contributed by atoms with Gasteiger partial charge in [0.15, 0.2) is 0 Å². The molecular weight excluding hydrogens is 249 g/mol. The Kier molecular flexibility index (Phi) is 3.10. The van der Waals surface area contributed by atoms with E-state index in [-0.39, 0.29) is 5.82 Å². The van der Waals surface area contributed by atoms with Crippen molar-refractivity contribution in [3.8, 4) is 0 Å². The van der Waals surface area contributed by atoms with Gasteiger partial charge in [0.2, 0.25) is 0 Å². The van der Waals surface area contributed by atoms with E-state index < -0.39 is 0 Å². The van der Waals surface area contributed by atoms with Crippen LogP contribution in [0, 0.1) is 11.2 Å². The molecule has 0 unspecified atom stereocenters. The number of nitrogens with zero attached hydrogens (tertiary/aromatic N) is 1. The van der Waals surface area contributed by atoms with Gasteiger partial charge in [-0.15, -0.1) is 0 Å². The molecule has 2 saturated carbocycles. The smallest absolute Gasteiger partial charge is 0.127 e. The van der Waals surface area contributed by atoms with E-state index in [1.807, 2.05) is 6.07 Å². The van der Waals surface area contributed by atoms with Crippen LogP contribution in [0.15, 0.2) is 18.2 Å². The van der Waals surface area contributed by atoms with Gasteiger partial charge in [-0.2, -0.15) is 0 Å². The first-order valence-electron chi connectivity index (χ1n) is 8.26. The molecule has 1 aliphatic heterocycles. The number of rotatable bonds is 1. The molecular formula is C18H24FN. The van der Waals surface area contributed by atoms with Gasteiger partial charge in [-0.3, -0.25) is 4.90 Å². The van der Waals surface area contributed by atoms with Gasteiger partial charge in [0.1, 0.15) is 5.82 Å². The highest BCUT2D eigenvalue weighted by molar-refractivity contribution is 5.30. The molecule has 2 heteroatoms. The van der Waals surface area contributed by atoms with E-state index in [0.717, 1.165) is 25.1 Å². The highest BCUT2D eigenvalue weighted by atomic mass is 19.1. The number of fused-ring (bicyclic) bond motifs is 1. The molecule has 0 aromatic heterocycles. The van der Waals surface area contributed by atoms with Gasteiger partial charge in [0.25, 0.3) is 0 Å². The first-order chi connectivity index (χ1) is 9.76. The lowest BCUT2D eigenvalue weighted by atomic mass is 9.59. The molecule has 3 aliphatic rings. The molecule has 1 spiro atoms. The maximum Gasteiger partial charge on any atom is 0.127 e. The van der Waals surface area contributed by atoms with Crippen molar-refractivity contribution in [1.29, 1.82) is 0 Å². The summed E-state index contributed by atoms with van der Waals surface area (Å²) >= 11 is 0. The minimum absolute atomic E-state index is 0.00127. The zero-order chi connectivity index (χ0) is 13.6. The number of hydrogen-bond donors (Lipinski definition) is 0. The first kappa shape index (κ1) is 12.8. The molecule has 1 aromatic rings. The summed E-state index contributed by atoms with van der Waals surface area (Å²) in [6, 6.07) is 6.28. The molecule has 2 fully saturated rings. The van der Waals surface area contributed by atoms with E-state index in [4.69, 9.17) is 0 Å². The fraction of sp³-hybridized carbons (Fsp3) is 0.667. The summed E-state index contributed by atoms with van der Waals surface area (Å²) in [7, 11) is 0. The Morgan fingerprint density at radius 1 is 1.15 bits per heavy atom. The van der Waals surface area contributed by atoms with E-state index in [1.54, 1.807) is 6.07 Å². The normalized spacial score (nSPS) is 28.9. The van der Waals surface area contributed by atoms with Crippen LogP contribution in [0.25, 0.3) is 0 Å². The van der Waals surface area contributed by atoms with E-state index in [0.29, 0.717) is 11.5 Å². The fourth-order valence-corrected chi connectivity index (χ4v) is 4.73. The van der Waals surface area contributed by atoms with Crippen molar-refractivity contribution in [2.45, 2.75) is 64.0 Å². The number of hydrogen-bond acceptors (Lipinski definition) is 1. The third kappa shape index (κ3) is 2.09. The summed E-state index contributed by atoms with van der Waals surface area (Å²) < 4.78 is 14.0. The van der Waals surface area contributed by atoms with Gasteiger partial charge < -0.3 is 0 Å². The molecule has 1 aromatic carbocycles. The number of benzene rings is 1. The second-order valence-electron chi connectivity index (χ2n) is 7.20. The zero-order valence-electron chi connectivity index (χ0n) is 12.2. The highest BCUT2D eigenvalue weighted by Gasteiger charge is 2.42. The predicted molar refractivity (Wildman–Crippen MR) is 79.1 cm³/mol. The molecule has 2 aliphatic carbocycles. The summed E-state index contributed by atoms with van der Waals surface area (Å²) in [5.74, 6) is 0.00127. The molecule has 0 N–H and O–H groups in total. The standard InChI is InChI=1S/C18H24FN/c19-17-6-1-4-14-7-11-20(13-16(14)17)15-5-2-8-18(12-15)9-3-10-18/h1,4,6,15H,2-3,5,7-13H2/t15-/m1/s1. The fourth-order valence-electron chi connectivity index (χ4n) is 4.73. The minimum Gasteiger partial charge on any atom is -0.296 e. The van der Waals surface area contributed by atoms with Crippen LogP contribution in [0.4, 0.5) is 4.39 Å². The molecule has 4 rings (SSSR count). The lowest BCUT2D eigenvalue weighted by Gasteiger charge is -2.50. The molecule has 0 amide bonds. The Morgan fingerprint density at radius 2 is 2.00 bits per heavy atom. The summed E-state index contributed by atoms with van der Waals surface area (Å²) in [5.41, 5.74) is 2.88. The average Bonchev–Trinajstić information content (AvgIpc) is 2.46. The molecule has 1 nitrogen and oxygen atoms in total. The lowest BCUT2D eigenvalue weighted by molar-refractivity contribution is 0.0117. The van der Waals surface area contributed by atoms with Crippen molar-refractivity contribution in [3.63, 3.8) is 0 Å². The van der Waals surface area contributed by atoms with Crippen molar-refractivity contribution >= 4 is 0 Å². The van der Waals surface area contributed by atoms with Crippen LogP contribution in [0.2, 0.25) is 0 Å². The quantitative estimate of drug-likeness (QED) is 0.737. The topological polar surface area (TPSA) is 3.24 Å².